The summed E-state index contributed by atoms with van der Waals surface area (Å²) in [6, 6.07) is 9.98. The highest BCUT2D eigenvalue weighted by molar-refractivity contribution is 5.76. The van der Waals surface area contributed by atoms with E-state index in [9.17, 15) is 9.90 Å². The number of nitrogens with zero attached hydrogens (tertiary/aromatic N) is 3. The summed E-state index contributed by atoms with van der Waals surface area (Å²) in [6.07, 6.45) is 0.472. The van der Waals surface area contributed by atoms with E-state index in [1.807, 2.05) is 67.9 Å². The number of nitrogens with one attached hydrogen (secondary N) is 1. The molecule has 0 fully saturated rings. The van der Waals surface area contributed by atoms with E-state index >= 15 is 0 Å². The summed E-state index contributed by atoms with van der Waals surface area (Å²) in [4.78, 5) is 13.9. The van der Waals surface area contributed by atoms with Crippen LogP contribution in [0.15, 0.2) is 30.3 Å². The number of amides is 1. The maximum Gasteiger partial charge on any atom is 0.220 e. The molecular weight excluding hydrogens is 316 g/mol. The minimum atomic E-state index is -0.553. The van der Waals surface area contributed by atoms with Gasteiger partial charge >= 0.3 is 0 Å². The third-order valence-corrected chi connectivity index (χ3v) is 4.15. The Morgan fingerprint density at radius 3 is 2.60 bits per heavy atom. The summed E-state index contributed by atoms with van der Waals surface area (Å²) >= 11 is 0. The number of carbonyl (C=O) groups is 1. The maximum atomic E-state index is 12.0. The van der Waals surface area contributed by atoms with Crippen LogP contribution in [0.2, 0.25) is 0 Å². The monoisotopic (exact) mass is 344 g/mol. The Labute approximate surface area is 149 Å². The van der Waals surface area contributed by atoms with Gasteiger partial charge in [0.25, 0.3) is 0 Å². The van der Waals surface area contributed by atoms with Crippen molar-refractivity contribution in [2.75, 3.05) is 27.2 Å². The second kappa shape index (κ2) is 8.78. The molecule has 1 amide bonds. The molecule has 6 nitrogen and oxygen atoms in total. The topological polar surface area (TPSA) is 70.4 Å². The van der Waals surface area contributed by atoms with E-state index in [4.69, 9.17) is 0 Å². The summed E-state index contributed by atoms with van der Waals surface area (Å²) in [6.45, 7) is 4.81. The molecule has 0 spiro atoms. The normalized spacial score (nSPS) is 12.4. The fourth-order valence-corrected chi connectivity index (χ4v) is 2.90. The number of aliphatic hydroxyl groups is 1. The van der Waals surface area contributed by atoms with Crippen molar-refractivity contribution in [1.82, 2.24) is 20.0 Å². The lowest BCUT2D eigenvalue weighted by Gasteiger charge is -2.16. The SMILES string of the molecule is Cc1nn(-c2ccccc2)c(C)c1CCC(=O)NCC(O)CN(C)C. The van der Waals surface area contributed by atoms with E-state index in [2.05, 4.69) is 10.4 Å². The zero-order valence-electron chi connectivity index (χ0n) is 15.5. The van der Waals surface area contributed by atoms with Gasteiger partial charge in [-0.25, -0.2) is 4.68 Å². The second-order valence-electron chi connectivity index (χ2n) is 6.62. The second-order valence-corrected chi connectivity index (χ2v) is 6.62. The molecule has 2 aromatic rings. The Kier molecular flexibility index (Phi) is 6.73. The van der Waals surface area contributed by atoms with E-state index in [0.717, 1.165) is 22.6 Å². The summed E-state index contributed by atoms with van der Waals surface area (Å²) in [5, 5.41) is 17.2. The summed E-state index contributed by atoms with van der Waals surface area (Å²) < 4.78 is 1.92. The lowest BCUT2D eigenvalue weighted by atomic mass is 10.1. The quantitative estimate of drug-likeness (QED) is 0.761. The van der Waals surface area contributed by atoms with E-state index in [0.29, 0.717) is 19.4 Å². The first kappa shape index (κ1) is 19.1. The number of hydrogen-bond acceptors (Lipinski definition) is 4. The third-order valence-electron chi connectivity index (χ3n) is 4.15. The molecule has 0 saturated heterocycles. The predicted molar refractivity (Wildman–Crippen MR) is 98.9 cm³/mol. The first-order valence-corrected chi connectivity index (χ1v) is 8.58. The number of para-hydroxylation sites is 1. The Morgan fingerprint density at radius 1 is 1.28 bits per heavy atom. The van der Waals surface area contributed by atoms with Crippen molar-refractivity contribution in [1.29, 1.82) is 0 Å². The molecule has 1 unspecified atom stereocenters. The highest BCUT2D eigenvalue weighted by atomic mass is 16.3. The average Bonchev–Trinajstić information content (AvgIpc) is 2.85. The standard InChI is InChI=1S/C19H28N4O2/c1-14-18(10-11-19(25)20-12-17(24)13-22(3)4)15(2)23(21-14)16-8-6-5-7-9-16/h5-9,17,24H,10-13H2,1-4H3,(H,20,25). The fraction of sp³-hybridized carbons (Fsp3) is 0.474. The molecule has 1 atom stereocenters. The Hall–Kier alpha value is -2.18. The molecule has 0 aliphatic heterocycles. The van der Waals surface area contributed by atoms with Crippen molar-refractivity contribution in [3.63, 3.8) is 0 Å². The molecule has 1 heterocycles. The fourth-order valence-electron chi connectivity index (χ4n) is 2.90. The molecule has 2 N–H and O–H groups in total. The van der Waals surface area contributed by atoms with Gasteiger partial charge in [0.2, 0.25) is 5.91 Å². The van der Waals surface area contributed by atoms with Crippen LogP contribution >= 0.6 is 0 Å². The van der Waals surface area contributed by atoms with Crippen LogP contribution in [0, 0.1) is 13.8 Å². The Morgan fingerprint density at radius 2 is 1.96 bits per heavy atom. The minimum absolute atomic E-state index is 0.0518. The van der Waals surface area contributed by atoms with Crippen LogP contribution in [0.1, 0.15) is 23.4 Å². The van der Waals surface area contributed by atoms with Crippen molar-refractivity contribution >= 4 is 5.91 Å². The van der Waals surface area contributed by atoms with Crippen molar-refractivity contribution < 1.29 is 9.90 Å². The Balaban J connectivity index is 1.93. The largest absolute Gasteiger partial charge is 0.390 e. The Bertz CT molecular complexity index is 695. The van der Waals surface area contributed by atoms with Crippen LogP contribution in [0.4, 0.5) is 0 Å². The van der Waals surface area contributed by atoms with Gasteiger partial charge in [0.15, 0.2) is 0 Å². The van der Waals surface area contributed by atoms with Crippen LogP contribution in [-0.4, -0.2) is 59.0 Å². The number of aryl methyl sites for hydroxylation is 1. The van der Waals surface area contributed by atoms with Crippen molar-refractivity contribution in [2.24, 2.45) is 0 Å². The molecule has 0 aliphatic carbocycles. The van der Waals surface area contributed by atoms with E-state index in [-0.39, 0.29) is 12.5 Å². The molecule has 25 heavy (non-hydrogen) atoms. The molecule has 0 saturated carbocycles. The first-order valence-electron chi connectivity index (χ1n) is 8.58. The van der Waals surface area contributed by atoms with Gasteiger partial charge in [-0.05, 0) is 52.1 Å². The van der Waals surface area contributed by atoms with Gasteiger partial charge < -0.3 is 15.3 Å². The number of likely N-dealkylation sites (N-methyl/N-ethyl adjacent to an activating group) is 1. The smallest absolute Gasteiger partial charge is 0.220 e. The molecule has 0 bridgehead atoms. The summed E-state index contributed by atoms with van der Waals surface area (Å²) in [5.74, 6) is -0.0518. The van der Waals surface area contributed by atoms with Gasteiger partial charge in [-0.3, -0.25) is 4.79 Å². The molecule has 6 heteroatoms. The lowest BCUT2D eigenvalue weighted by Crippen LogP contribution is -2.37. The molecule has 0 aliphatic rings. The highest BCUT2D eigenvalue weighted by Crippen LogP contribution is 2.19. The van der Waals surface area contributed by atoms with Crippen molar-refractivity contribution in [2.45, 2.75) is 32.8 Å². The third kappa shape index (κ3) is 5.41. The molecule has 136 valence electrons. The maximum absolute atomic E-state index is 12.0. The van der Waals surface area contributed by atoms with Crippen molar-refractivity contribution in [3.05, 3.63) is 47.3 Å². The lowest BCUT2D eigenvalue weighted by molar-refractivity contribution is -0.121. The van der Waals surface area contributed by atoms with Gasteiger partial charge in [-0.15, -0.1) is 0 Å². The minimum Gasteiger partial charge on any atom is -0.390 e. The van der Waals surface area contributed by atoms with Crippen LogP contribution in [0.25, 0.3) is 5.69 Å². The van der Waals surface area contributed by atoms with Crippen LogP contribution in [0.5, 0.6) is 0 Å². The highest BCUT2D eigenvalue weighted by Gasteiger charge is 2.14. The summed E-state index contributed by atoms with van der Waals surface area (Å²) in [7, 11) is 3.78. The van der Waals surface area contributed by atoms with Crippen LogP contribution in [0.3, 0.4) is 0 Å². The zero-order chi connectivity index (χ0) is 18.4. The van der Waals surface area contributed by atoms with E-state index in [1.54, 1.807) is 0 Å². The number of rotatable bonds is 8. The predicted octanol–water partition coefficient (Wildman–Crippen LogP) is 1.46. The number of carbonyl (C=O) groups excluding carboxylic acids is 1. The molecule has 1 aromatic heterocycles. The van der Waals surface area contributed by atoms with Gasteiger partial charge in [0.05, 0.1) is 17.5 Å². The summed E-state index contributed by atoms with van der Waals surface area (Å²) in [5.41, 5.74) is 4.13. The van der Waals surface area contributed by atoms with Crippen molar-refractivity contribution in [3.8, 4) is 5.69 Å². The van der Waals surface area contributed by atoms with E-state index in [1.165, 1.54) is 0 Å². The number of benzene rings is 1. The number of aromatic nitrogens is 2. The zero-order valence-corrected chi connectivity index (χ0v) is 15.5. The number of hydrogen-bond donors (Lipinski definition) is 2. The van der Waals surface area contributed by atoms with Crippen LogP contribution in [-0.2, 0) is 11.2 Å². The van der Waals surface area contributed by atoms with Crippen LogP contribution < -0.4 is 5.32 Å². The number of aliphatic hydroxyl groups excluding tert-OH is 1. The van der Waals surface area contributed by atoms with Gasteiger partial charge in [-0.1, -0.05) is 18.2 Å². The van der Waals surface area contributed by atoms with E-state index < -0.39 is 6.10 Å². The molecule has 2 rings (SSSR count). The van der Waals surface area contributed by atoms with Gasteiger partial charge in [0.1, 0.15) is 0 Å². The molecule has 1 aromatic carbocycles. The van der Waals surface area contributed by atoms with Gasteiger partial charge in [0, 0.05) is 25.2 Å². The first-order chi connectivity index (χ1) is 11.9. The van der Waals surface area contributed by atoms with Gasteiger partial charge in [-0.2, -0.15) is 5.10 Å². The molecular formula is C19H28N4O2. The average molecular weight is 344 g/mol. The molecule has 0 radical (unpaired) electrons.